The van der Waals surface area contributed by atoms with Crippen LogP contribution in [0.3, 0.4) is 0 Å². The molecule has 0 atom stereocenters. The molecule has 2 aromatic carbocycles. The molecule has 2 nitrogen and oxygen atoms in total. The molecular formula is C13H7Cl3N2S. The van der Waals surface area contributed by atoms with Crippen LogP contribution in [0.2, 0.25) is 15.1 Å². The second kappa shape index (κ2) is 4.84. The fourth-order valence-corrected chi connectivity index (χ4v) is 3.06. The first-order valence-electron chi connectivity index (χ1n) is 5.42. The van der Waals surface area contributed by atoms with Crippen molar-refractivity contribution in [2.75, 3.05) is 0 Å². The van der Waals surface area contributed by atoms with Crippen LogP contribution in [0.15, 0.2) is 36.4 Å². The summed E-state index contributed by atoms with van der Waals surface area (Å²) >= 11 is 23.6. The maximum atomic E-state index is 6.15. The van der Waals surface area contributed by atoms with Gasteiger partial charge in [-0.3, -0.25) is 4.57 Å². The van der Waals surface area contributed by atoms with Crippen molar-refractivity contribution in [3.05, 3.63) is 56.2 Å². The Bertz CT molecular complexity index is 815. The first-order valence-corrected chi connectivity index (χ1v) is 6.96. The van der Waals surface area contributed by atoms with Crippen molar-refractivity contribution in [3.8, 4) is 5.69 Å². The third-order valence-electron chi connectivity index (χ3n) is 2.77. The van der Waals surface area contributed by atoms with Gasteiger partial charge in [-0.15, -0.1) is 0 Å². The Balaban J connectivity index is 2.39. The molecule has 96 valence electrons. The Hall–Kier alpha value is -1.000. The van der Waals surface area contributed by atoms with Crippen LogP contribution in [-0.4, -0.2) is 9.55 Å². The van der Waals surface area contributed by atoms with Crippen LogP contribution in [-0.2, 0) is 0 Å². The summed E-state index contributed by atoms with van der Waals surface area (Å²) in [6, 6.07) is 10.9. The predicted octanol–water partition coefficient (Wildman–Crippen LogP) is 5.65. The molecule has 0 spiro atoms. The molecular weight excluding hydrogens is 323 g/mol. The molecule has 0 aliphatic carbocycles. The van der Waals surface area contributed by atoms with Crippen LogP contribution >= 0.6 is 47.0 Å². The minimum absolute atomic E-state index is 0.543. The number of imidazole rings is 1. The first-order chi connectivity index (χ1) is 9.06. The molecule has 0 fully saturated rings. The zero-order chi connectivity index (χ0) is 13.6. The van der Waals surface area contributed by atoms with E-state index in [2.05, 4.69) is 4.98 Å². The van der Waals surface area contributed by atoms with E-state index in [1.807, 2.05) is 22.8 Å². The number of H-pyrrole nitrogens is 1. The zero-order valence-electron chi connectivity index (χ0n) is 9.45. The van der Waals surface area contributed by atoms with E-state index < -0.39 is 0 Å². The van der Waals surface area contributed by atoms with Crippen LogP contribution in [0.5, 0.6) is 0 Å². The Kier molecular flexibility index (Phi) is 3.31. The molecule has 1 heterocycles. The van der Waals surface area contributed by atoms with E-state index in [1.54, 1.807) is 18.2 Å². The van der Waals surface area contributed by atoms with E-state index >= 15 is 0 Å². The summed E-state index contributed by atoms with van der Waals surface area (Å²) < 4.78 is 2.40. The smallest absolute Gasteiger partial charge is 0.182 e. The summed E-state index contributed by atoms with van der Waals surface area (Å²) in [6.45, 7) is 0. The SMILES string of the molecule is S=c1[nH]c2c(Cl)cccc2n1-c1cc(Cl)cc(Cl)c1. The van der Waals surface area contributed by atoms with Crippen LogP contribution in [0.1, 0.15) is 0 Å². The number of nitrogens with one attached hydrogen (secondary N) is 1. The van der Waals surface area contributed by atoms with Crippen molar-refractivity contribution in [1.82, 2.24) is 9.55 Å². The number of nitrogens with zero attached hydrogens (tertiary/aromatic N) is 1. The second-order valence-electron chi connectivity index (χ2n) is 4.03. The number of fused-ring (bicyclic) bond motifs is 1. The minimum atomic E-state index is 0.543. The number of para-hydroxylation sites is 1. The molecule has 1 aromatic heterocycles. The number of aromatic amines is 1. The van der Waals surface area contributed by atoms with Crippen molar-refractivity contribution >= 4 is 58.1 Å². The van der Waals surface area contributed by atoms with E-state index in [0.29, 0.717) is 19.8 Å². The van der Waals surface area contributed by atoms with Gasteiger partial charge in [0.05, 0.1) is 21.7 Å². The molecule has 0 amide bonds. The van der Waals surface area contributed by atoms with Gasteiger partial charge in [-0.25, -0.2) is 0 Å². The van der Waals surface area contributed by atoms with Crippen LogP contribution in [0, 0.1) is 4.77 Å². The lowest BCUT2D eigenvalue weighted by Gasteiger charge is -2.06. The number of hydrogen-bond donors (Lipinski definition) is 1. The van der Waals surface area contributed by atoms with Gasteiger partial charge in [0.15, 0.2) is 4.77 Å². The number of benzene rings is 2. The van der Waals surface area contributed by atoms with Crippen molar-refractivity contribution in [3.63, 3.8) is 0 Å². The number of hydrogen-bond acceptors (Lipinski definition) is 1. The predicted molar refractivity (Wildman–Crippen MR) is 83.5 cm³/mol. The summed E-state index contributed by atoms with van der Waals surface area (Å²) in [4.78, 5) is 3.09. The van der Waals surface area contributed by atoms with Gasteiger partial charge in [-0.1, -0.05) is 40.9 Å². The zero-order valence-corrected chi connectivity index (χ0v) is 12.5. The van der Waals surface area contributed by atoms with Crippen LogP contribution < -0.4 is 0 Å². The van der Waals surface area contributed by atoms with Gasteiger partial charge in [0, 0.05) is 10.0 Å². The molecule has 1 N–H and O–H groups in total. The monoisotopic (exact) mass is 328 g/mol. The molecule has 19 heavy (non-hydrogen) atoms. The maximum absolute atomic E-state index is 6.15. The Morgan fingerprint density at radius 3 is 2.37 bits per heavy atom. The lowest BCUT2D eigenvalue weighted by Crippen LogP contribution is -1.93. The Labute approximate surface area is 129 Å². The number of aromatic nitrogens is 2. The lowest BCUT2D eigenvalue weighted by atomic mass is 10.3. The summed E-state index contributed by atoms with van der Waals surface area (Å²) in [6.07, 6.45) is 0. The number of halogens is 3. The van der Waals surface area contributed by atoms with Crippen LogP contribution in [0.25, 0.3) is 16.7 Å². The fourth-order valence-electron chi connectivity index (χ4n) is 2.02. The average molecular weight is 330 g/mol. The highest BCUT2D eigenvalue weighted by atomic mass is 35.5. The van der Waals surface area contributed by atoms with Crippen molar-refractivity contribution in [2.45, 2.75) is 0 Å². The first kappa shape index (κ1) is 13.0. The molecule has 0 unspecified atom stereocenters. The summed E-state index contributed by atoms with van der Waals surface area (Å²) in [5, 5.41) is 1.73. The van der Waals surface area contributed by atoms with E-state index in [-0.39, 0.29) is 0 Å². The molecule has 0 aliphatic heterocycles. The van der Waals surface area contributed by atoms with Gasteiger partial charge in [0.1, 0.15) is 0 Å². The number of rotatable bonds is 1. The average Bonchev–Trinajstić information content (AvgIpc) is 2.65. The third kappa shape index (κ3) is 2.28. The quantitative estimate of drug-likeness (QED) is 0.572. The van der Waals surface area contributed by atoms with E-state index in [9.17, 15) is 0 Å². The Morgan fingerprint density at radius 1 is 1.00 bits per heavy atom. The van der Waals surface area contributed by atoms with Crippen molar-refractivity contribution in [1.29, 1.82) is 0 Å². The second-order valence-corrected chi connectivity index (χ2v) is 5.69. The van der Waals surface area contributed by atoms with Gasteiger partial charge in [-0.05, 0) is 42.5 Å². The van der Waals surface area contributed by atoms with Crippen molar-refractivity contribution < 1.29 is 0 Å². The van der Waals surface area contributed by atoms with Gasteiger partial charge < -0.3 is 4.98 Å². The highest BCUT2D eigenvalue weighted by Crippen LogP contribution is 2.28. The maximum Gasteiger partial charge on any atom is 0.182 e. The standard InChI is InChI=1S/C13H7Cl3N2S/c14-7-4-8(15)6-9(5-7)18-11-3-1-2-10(16)12(11)17-13(18)19/h1-6H,(H,17,19). The highest BCUT2D eigenvalue weighted by molar-refractivity contribution is 7.71. The molecule has 3 aromatic rings. The van der Waals surface area contributed by atoms with Gasteiger partial charge >= 0.3 is 0 Å². The third-order valence-corrected chi connectivity index (χ3v) is 3.81. The molecule has 0 saturated carbocycles. The van der Waals surface area contributed by atoms with Gasteiger partial charge in [-0.2, -0.15) is 0 Å². The van der Waals surface area contributed by atoms with E-state index in [4.69, 9.17) is 47.0 Å². The fraction of sp³-hybridized carbons (Fsp3) is 0. The van der Waals surface area contributed by atoms with Crippen LogP contribution in [0.4, 0.5) is 0 Å². The highest BCUT2D eigenvalue weighted by Gasteiger charge is 2.10. The topological polar surface area (TPSA) is 20.7 Å². The molecule has 3 rings (SSSR count). The van der Waals surface area contributed by atoms with Gasteiger partial charge in [0.2, 0.25) is 0 Å². The summed E-state index contributed by atoms with van der Waals surface area (Å²) in [5.41, 5.74) is 2.48. The lowest BCUT2D eigenvalue weighted by molar-refractivity contribution is 1.07. The van der Waals surface area contributed by atoms with E-state index in [0.717, 1.165) is 16.7 Å². The normalized spacial score (nSPS) is 11.1. The van der Waals surface area contributed by atoms with E-state index in [1.165, 1.54) is 0 Å². The minimum Gasteiger partial charge on any atom is -0.329 e. The molecule has 0 saturated heterocycles. The van der Waals surface area contributed by atoms with Gasteiger partial charge in [0.25, 0.3) is 0 Å². The molecule has 6 heteroatoms. The van der Waals surface area contributed by atoms with Crippen molar-refractivity contribution in [2.24, 2.45) is 0 Å². The Morgan fingerprint density at radius 2 is 1.68 bits per heavy atom. The molecule has 0 radical (unpaired) electrons. The molecule has 0 bridgehead atoms. The summed E-state index contributed by atoms with van der Waals surface area (Å²) in [5.74, 6) is 0. The molecule has 0 aliphatic rings. The summed E-state index contributed by atoms with van der Waals surface area (Å²) in [7, 11) is 0. The largest absolute Gasteiger partial charge is 0.329 e.